The number of aryl methyl sites for hydroxylation is 1. The number of rotatable bonds is 7. The molecule has 0 radical (unpaired) electrons. The number of esters is 2. The van der Waals surface area contributed by atoms with Gasteiger partial charge in [0.1, 0.15) is 17.9 Å². The number of alkyl halides is 3. The number of Topliss-reactive ketones (excluding diaryl/α,β-unsaturated/α-hetero) is 1. The van der Waals surface area contributed by atoms with Crippen LogP contribution in [0.1, 0.15) is 56.3 Å². The summed E-state index contributed by atoms with van der Waals surface area (Å²) < 4.78 is 64.2. The van der Waals surface area contributed by atoms with Crippen LogP contribution in [-0.4, -0.2) is 40.7 Å². The number of hydrogen-bond donors (Lipinski definition) is 0. The van der Waals surface area contributed by atoms with Crippen molar-refractivity contribution in [1.82, 2.24) is 9.78 Å². The van der Waals surface area contributed by atoms with E-state index in [2.05, 4.69) is 14.6 Å². The molecule has 1 heterocycles. The Morgan fingerprint density at radius 3 is 2.20 bits per heavy atom. The summed E-state index contributed by atoms with van der Waals surface area (Å²) in [5, 5.41) is 3.53. The van der Waals surface area contributed by atoms with Crippen molar-refractivity contribution in [2.75, 3.05) is 13.2 Å². The highest BCUT2D eigenvalue weighted by Crippen LogP contribution is 2.35. The molecule has 0 saturated heterocycles. The van der Waals surface area contributed by atoms with E-state index in [4.69, 9.17) is 0 Å². The fourth-order valence-electron chi connectivity index (χ4n) is 2.64. The van der Waals surface area contributed by atoms with Gasteiger partial charge in [0.15, 0.2) is 17.2 Å². The number of benzene rings is 1. The first-order valence-electron chi connectivity index (χ1n) is 8.82. The third kappa shape index (κ3) is 4.84. The summed E-state index contributed by atoms with van der Waals surface area (Å²) in [6.45, 7) is 2.87. The first-order valence-corrected chi connectivity index (χ1v) is 8.82. The van der Waals surface area contributed by atoms with Gasteiger partial charge in [0.25, 0.3) is 0 Å². The average Bonchev–Trinajstić information content (AvgIpc) is 3.04. The van der Waals surface area contributed by atoms with Gasteiger partial charge in [-0.2, -0.15) is 18.3 Å². The molecule has 0 spiro atoms. The van der Waals surface area contributed by atoms with E-state index in [1.165, 1.54) is 26.8 Å². The van der Waals surface area contributed by atoms with Crippen LogP contribution in [0.4, 0.5) is 17.6 Å². The van der Waals surface area contributed by atoms with Gasteiger partial charge in [-0.05, 0) is 44.5 Å². The summed E-state index contributed by atoms with van der Waals surface area (Å²) in [6.07, 6.45) is -5.15. The summed E-state index contributed by atoms with van der Waals surface area (Å²) in [5.41, 5.74) is -3.77. The molecule has 2 rings (SSSR count). The van der Waals surface area contributed by atoms with Crippen LogP contribution in [0.3, 0.4) is 0 Å². The van der Waals surface area contributed by atoms with Crippen molar-refractivity contribution in [1.29, 1.82) is 0 Å². The van der Waals surface area contributed by atoms with Gasteiger partial charge in [-0.25, -0.2) is 18.7 Å². The molecule has 0 fully saturated rings. The van der Waals surface area contributed by atoms with Gasteiger partial charge >= 0.3 is 18.1 Å². The van der Waals surface area contributed by atoms with Crippen LogP contribution in [0.15, 0.2) is 18.2 Å². The molecule has 0 unspecified atom stereocenters. The zero-order valence-electron chi connectivity index (χ0n) is 16.3. The summed E-state index contributed by atoms with van der Waals surface area (Å²) in [6, 6.07) is 3.39. The third-order valence-corrected chi connectivity index (χ3v) is 3.95. The molecule has 0 aliphatic heterocycles. The van der Waals surface area contributed by atoms with E-state index in [1.54, 1.807) is 0 Å². The van der Waals surface area contributed by atoms with Crippen molar-refractivity contribution in [3.8, 4) is 0 Å². The minimum absolute atomic E-state index is 0.00884. The third-order valence-electron chi connectivity index (χ3n) is 3.95. The molecule has 0 amide bonds. The van der Waals surface area contributed by atoms with Crippen LogP contribution in [0.25, 0.3) is 0 Å². The standard InChI is InChI=1S/C19H18F4N2O5/c1-4-29-17(27)15-14(19(21,22)23)16(18(28)30-5-2)25(24-15)9-13(26)11-6-7-12(20)10(3)8-11/h6-8H,4-5,9H2,1-3H3. The van der Waals surface area contributed by atoms with Crippen molar-refractivity contribution in [3.63, 3.8) is 0 Å². The Hall–Kier alpha value is -3.24. The Labute approximate surface area is 168 Å². The van der Waals surface area contributed by atoms with Gasteiger partial charge in [0.2, 0.25) is 0 Å². The minimum atomic E-state index is -5.15. The summed E-state index contributed by atoms with van der Waals surface area (Å²) in [5.74, 6) is -4.13. The van der Waals surface area contributed by atoms with Gasteiger partial charge in [-0.1, -0.05) is 0 Å². The van der Waals surface area contributed by atoms with Crippen LogP contribution in [0.2, 0.25) is 0 Å². The molecule has 0 aliphatic rings. The number of aromatic nitrogens is 2. The molecule has 0 bridgehead atoms. The van der Waals surface area contributed by atoms with E-state index < -0.39 is 53.2 Å². The lowest BCUT2D eigenvalue weighted by atomic mass is 10.1. The fraction of sp³-hybridized carbons (Fsp3) is 0.368. The number of nitrogens with zero attached hydrogens (tertiary/aromatic N) is 2. The van der Waals surface area contributed by atoms with Gasteiger partial charge in [0.05, 0.1) is 13.2 Å². The summed E-state index contributed by atoms with van der Waals surface area (Å²) >= 11 is 0. The number of hydrogen-bond acceptors (Lipinski definition) is 6. The topological polar surface area (TPSA) is 87.5 Å². The Morgan fingerprint density at radius 1 is 1.07 bits per heavy atom. The van der Waals surface area contributed by atoms with Crippen LogP contribution >= 0.6 is 0 Å². The molecular weight excluding hydrogens is 412 g/mol. The molecule has 0 aliphatic carbocycles. The van der Waals surface area contributed by atoms with E-state index in [0.29, 0.717) is 4.68 Å². The zero-order chi connectivity index (χ0) is 22.6. The second kappa shape index (κ2) is 9.06. The fourth-order valence-corrected chi connectivity index (χ4v) is 2.64. The van der Waals surface area contributed by atoms with Crippen molar-refractivity contribution < 1.29 is 41.4 Å². The molecule has 1 aromatic heterocycles. The van der Waals surface area contributed by atoms with Crippen molar-refractivity contribution >= 4 is 17.7 Å². The number of carbonyl (C=O) groups is 3. The molecule has 0 saturated carbocycles. The van der Waals surface area contributed by atoms with Crippen LogP contribution < -0.4 is 0 Å². The normalized spacial score (nSPS) is 11.3. The molecule has 2 aromatic rings. The number of carbonyl (C=O) groups excluding carboxylic acids is 3. The lowest BCUT2D eigenvalue weighted by Crippen LogP contribution is -2.22. The highest BCUT2D eigenvalue weighted by molar-refractivity contribution is 5.99. The van der Waals surface area contributed by atoms with E-state index in [1.807, 2.05) is 0 Å². The quantitative estimate of drug-likeness (QED) is 0.379. The molecule has 162 valence electrons. The van der Waals surface area contributed by atoms with Gasteiger partial charge in [-0.3, -0.25) is 4.79 Å². The van der Waals surface area contributed by atoms with Gasteiger partial charge < -0.3 is 9.47 Å². The van der Waals surface area contributed by atoms with E-state index in [0.717, 1.165) is 12.1 Å². The SMILES string of the molecule is CCOC(=O)c1nn(CC(=O)c2ccc(F)c(C)c2)c(C(=O)OCC)c1C(F)(F)F. The van der Waals surface area contributed by atoms with Crippen molar-refractivity contribution in [2.24, 2.45) is 0 Å². The van der Waals surface area contributed by atoms with Gasteiger partial charge in [0, 0.05) is 5.56 Å². The zero-order valence-corrected chi connectivity index (χ0v) is 16.3. The summed E-state index contributed by atoms with van der Waals surface area (Å²) in [4.78, 5) is 36.8. The number of halogens is 4. The average molecular weight is 430 g/mol. The maximum Gasteiger partial charge on any atom is 0.421 e. The monoisotopic (exact) mass is 430 g/mol. The number of ether oxygens (including phenoxy) is 2. The second-order valence-electron chi connectivity index (χ2n) is 6.06. The summed E-state index contributed by atoms with van der Waals surface area (Å²) in [7, 11) is 0. The lowest BCUT2D eigenvalue weighted by molar-refractivity contribution is -0.138. The molecule has 0 atom stereocenters. The lowest BCUT2D eigenvalue weighted by Gasteiger charge is -2.11. The highest BCUT2D eigenvalue weighted by Gasteiger charge is 2.45. The molecule has 7 nitrogen and oxygen atoms in total. The minimum Gasteiger partial charge on any atom is -0.461 e. The van der Waals surface area contributed by atoms with E-state index >= 15 is 0 Å². The van der Waals surface area contributed by atoms with Gasteiger partial charge in [-0.15, -0.1) is 0 Å². The van der Waals surface area contributed by atoms with Crippen LogP contribution in [-0.2, 0) is 22.2 Å². The maximum absolute atomic E-state index is 13.7. The molecule has 30 heavy (non-hydrogen) atoms. The van der Waals surface area contributed by atoms with Crippen LogP contribution in [0.5, 0.6) is 0 Å². The first-order chi connectivity index (χ1) is 14.0. The van der Waals surface area contributed by atoms with E-state index in [-0.39, 0.29) is 24.3 Å². The van der Waals surface area contributed by atoms with Crippen LogP contribution in [0, 0.1) is 12.7 Å². The molecule has 0 N–H and O–H groups in total. The molecule has 1 aromatic carbocycles. The molecule has 11 heteroatoms. The largest absolute Gasteiger partial charge is 0.461 e. The Kier molecular flexibility index (Phi) is 6.96. The van der Waals surface area contributed by atoms with E-state index in [9.17, 15) is 31.9 Å². The Bertz CT molecular complexity index is 982. The highest BCUT2D eigenvalue weighted by atomic mass is 19.4. The Morgan fingerprint density at radius 2 is 1.67 bits per heavy atom. The maximum atomic E-state index is 13.7. The van der Waals surface area contributed by atoms with Crippen molar-refractivity contribution in [3.05, 3.63) is 52.1 Å². The second-order valence-corrected chi connectivity index (χ2v) is 6.06. The molecular formula is C19H18F4N2O5. The smallest absolute Gasteiger partial charge is 0.421 e. The number of ketones is 1. The predicted octanol–water partition coefficient (Wildman–Crippen LogP) is 3.59. The Balaban J connectivity index is 2.61. The van der Waals surface area contributed by atoms with Crippen molar-refractivity contribution in [2.45, 2.75) is 33.5 Å². The first kappa shape index (κ1) is 23.0. The predicted molar refractivity (Wildman–Crippen MR) is 94.6 cm³/mol.